The van der Waals surface area contributed by atoms with E-state index in [0.717, 1.165) is 17.1 Å². The van der Waals surface area contributed by atoms with E-state index in [9.17, 15) is 9.59 Å². The zero-order valence-electron chi connectivity index (χ0n) is 15.6. The number of fused-ring (bicyclic) bond motifs is 1. The third-order valence-corrected chi connectivity index (χ3v) is 4.68. The third kappa shape index (κ3) is 4.11. The van der Waals surface area contributed by atoms with Crippen molar-refractivity contribution in [3.63, 3.8) is 0 Å². The third-order valence-electron chi connectivity index (χ3n) is 4.68. The Balaban J connectivity index is 1.65. The van der Waals surface area contributed by atoms with Crippen molar-refractivity contribution >= 4 is 23.2 Å². The van der Waals surface area contributed by atoms with E-state index in [-0.39, 0.29) is 18.4 Å². The molecular formula is C21H26N3O2+. The molecule has 1 unspecified atom stereocenters. The van der Waals surface area contributed by atoms with Crippen molar-refractivity contribution in [3.8, 4) is 0 Å². The molecule has 136 valence electrons. The van der Waals surface area contributed by atoms with Crippen molar-refractivity contribution in [2.75, 3.05) is 30.4 Å². The second kappa shape index (κ2) is 7.70. The molecule has 3 rings (SSSR count). The van der Waals surface area contributed by atoms with Gasteiger partial charge in [0.2, 0.25) is 5.91 Å². The van der Waals surface area contributed by atoms with Gasteiger partial charge in [-0.15, -0.1) is 0 Å². The quantitative estimate of drug-likeness (QED) is 0.862. The maximum atomic E-state index is 12.8. The van der Waals surface area contributed by atoms with E-state index in [1.54, 1.807) is 4.90 Å². The van der Waals surface area contributed by atoms with Crippen molar-refractivity contribution in [2.24, 2.45) is 0 Å². The number of carbonyl (C=O) groups excluding carboxylic acids is 2. The number of rotatable bonds is 5. The van der Waals surface area contributed by atoms with E-state index in [1.807, 2.05) is 31.3 Å². The number of hydrogen-bond donors (Lipinski definition) is 2. The highest BCUT2D eigenvalue weighted by molar-refractivity contribution is 6.10. The van der Waals surface area contributed by atoms with Gasteiger partial charge in [0.1, 0.15) is 13.1 Å². The molecule has 0 radical (unpaired) electrons. The zero-order valence-corrected chi connectivity index (χ0v) is 15.6. The summed E-state index contributed by atoms with van der Waals surface area (Å²) in [5.74, 6) is 0.323. The lowest BCUT2D eigenvalue weighted by Crippen LogP contribution is -3.09. The van der Waals surface area contributed by atoms with Gasteiger partial charge in [-0.05, 0) is 23.6 Å². The second-order valence-corrected chi connectivity index (χ2v) is 7.25. The molecule has 0 saturated heterocycles. The van der Waals surface area contributed by atoms with E-state index in [4.69, 9.17) is 0 Å². The van der Waals surface area contributed by atoms with Gasteiger partial charge in [0.05, 0.1) is 18.4 Å². The number of quaternary nitrogens is 1. The van der Waals surface area contributed by atoms with Crippen LogP contribution in [-0.2, 0) is 16.1 Å². The molecule has 0 spiro atoms. The van der Waals surface area contributed by atoms with Gasteiger partial charge in [-0.1, -0.05) is 50.2 Å². The molecule has 1 aliphatic rings. The van der Waals surface area contributed by atoms with Crippen LogP contribution in [0.4, 0.5) is 11.4 Å². The molecule has 0 bridgehead atoms. The minimum atomic E-state index is -0.154. The summed E-state index contributed by atoms with van der Waals surface area (Å²) in [5.41, 5.74) is 3.99. The second-order valence-electron chi connectivity index (χ2n) is 7.25. The average Bonchev–Trinajstić information content (AvgIpc) is 2.61. The number of anilines is 2. The smallest absolute Gasteiger partial charge is 0.282 e. The number of nitrogens with zero attached hydrogens (tertiary/aromatic N) is 1. The molecule has 5 nitrogen and oxygen atoms in total. The predicted molar refractivity (Wildman–Crippen MR) is 103 cm³/mol. The Morgan fingerprint density at radius 1 is 1.15 bits per heavy atom. The number of amides is 2. The molecule has 2 N–H and O–H groups in total. The summed E-state index contributed by atoms with van der Waals surface area (Å²) in [6.07, 6.45) is 0. The summed E-state index contributed by atoms with van der Waals surface area (Å²) >= 11 is 0. The summed E-state index contributed by atoms with van der Waals surface area (Å²) in [6.45, 7) is 5.54. The minimum absolute atomic E-state index is 0.0383. The summed E-state index contributed by atoms with van der Waals surface area (Å²) in [4.78, 5) is 27.3. The van der Waals surface area contributed by atoms with Crippen LogP contribution in [0.2, 0.25) is 0 Å². The SMILES string of the molecule is CC(C)c1ccc(C[NH+](C)CC(=O)N2CC(=O)Nc3ccccc32)cc1. The minimum Gasteiger partial charge on any atom is -0.326 e. The Hall–Kier alpha value is -2.66. The molecule has 0 aromatic heterocycles. The molecular weight excluding hydrogens is 326 g/mol. The van der Waals surface area contributed by atoms with E-state index in [0.29, 0.717) is 18.2 Å². The first-order chi connectivity index (χ1) is 12.4. The first-order valence-corrected chi connectivity index (χ1v) is 9.03. The topological polar surface area (TPSA) is 53.9 Å². The van der Waals surface area contributed by atoms with Crippen molar-refractivity contribution in [2.45, 2.75) is 26.3 Å². The van der Waals surface area contributed by atoms with Crippen molar-refractivity contribution in [3.05, 3.63) is 59.7 Å². The highest BCUT2D eigenvalue weighted by Gasteiger charge is 2.28. The summed E-state index contributed by atoms with van der Waals surface area (Å²) < 4.78 is 0. The van der Waals surface area contributed by atoms with Crippen molar-refractivity contribution in [1.82, 2.24) is 0 Å². The monoisotopic (exact) mass is 352 g/mol. The van der Waals surface area contributed by atoms with Gasteiger partial charge in [0, 0.05) is 5.56 Å². The van der Waals surface area contributed by atoms with Crippen LogP contribution in [0.1, 0.15) is 30.9 Å². The van der Waals surface area contributed by atoms with Crippen LogP contribution >= 0.6 is 0 Å². The molecule has 2 aromatic rings. The van der Waals surface area contributed by atoms with E-state index in [2.05, 4.69) is 43.4 Å². The number of hydrogen-bond acceptors (Lipinski definition) is 2. The Morgan fingerprint density at radius 2 is 1.85 bits per heavy atom. The Kier molecular flexibility index (Phi) is 5.38. The van der Waals surface area contributed by atoms with Gasteiger partial charge in [-0.3, -0.25) is 14.5 Å². The lowest BCUT2D eigenvalue weighted by Gasteiger charge is -2.29. The molecule has 2 amide bonds. The van der Waals surface area contributed by atoms with Crippen molar-refractivity contribution in [1.29, 1.82) is 0 Å². The number of nitrogens with one attached hydrogen (secondary N) is 2. The van der Waals surface area contributed by atoms with Crippen LogP contribution in [0, 0.1) is 0 Å². The Morgan fingerprint density at radius 3 is 2.54 bits per heavy atom. The standard InChI is InChI=1S/C21H25N3O2/c1-15(2)17-10-8-16(9-11-17)12-23(3)14-21(26)24-13-20(25)22-18-6-4-5-7-19(18)24/h4-11,15H,12-14H2,1-3H3,(H,22,25)/p+1. The molecule has 0 fully saturated rings. The van der Waals surface area contributed by atoms with Crippen LogP contribution in [0.3, 0.4) is 0 Å². The normalized spacial score (nSPS) is 14.8. The molecule has 0 aliphatic carbocycles. The van der Waals surface area contributed by atoms with Gasteiger partial charge >= 0.3 is 0 Å². The number of para-hydroxylation sites is 2. The van der Waals surface area contributed by atoms with Gasteiger partial charge in [-0.2, -0.15) is 0 Å². The number of likely N-dealkylation sites (N-methyl/N-ethyl adjacent to an activating group) is 1. The fraction of sp³-hybridized carbons (Fsp3) is 0.333. The first kappa shape index (κ1) is 18.1. The zero-order chi connectivity index (χ0) is 18.7. The lowest BCUT2D eigenvalue weighted by atomic mass is 10.0. The van der Waals surface area contributed by atoms with Gasteiger partial charge in [0.15, 0.2) is 6.54 Å². The van der Waals surface area contributed by atoms with E-state index < -0.39 is 0 Å². The summed E-state index contributed by atoms with van der Waals surface area (Å²) in [5, 5.41) is 2.81. The van der Waals surface area contributed by atoms with Crippen LogP contribution in [0.5, 0.6) is 0 Å². The lowest BCUT2D eigenvalue weighted by molar-refractivity contribution is -0.885. The van der Waals surface area contributed by atoms with Crippen LogP contribution in [0.15, 0.2) is 48.5 Å². The molecule has 1 aliphatic heterocycles. The molecule has 2 aromatic carbocycles. The van der Waals surface area contributed by atoms with Gasteiger partial charge in [0.25, 0.3) is 5.91 Å². The van der Waals surface area contributed by atoms with Crippen LogP contribution < -0.4 is 15.1 Å². The molecule has 5 heteroatoms. The maximum absolute atomic E-state index is 12.8. The molecule has 26 heavy (non-hydrogen) atoms. The van der Waals surface area contributed by atoms with Crippen LogP contribution in [0.25, 0.3) is 0 Å². The number of carbonyl (C=O) groups is 2. The first-order valence-electron chi connectivity index (χ1n) is 9.03. The summed E-state index contributed by atoms with van der Waals surface area (Å²) in [6, 6.07) is 16.0. The van der Waals surface area contributed by atoms with Crippen molar-refractivity contribution < 1.29 is 14.5 Å². The molecule has 1 heterocycles. The van der Waals surface area contributed by atoms with Gasteiger partial charge in [-0.25, -0.2) is 0 Å². The highest BCUT2D eigenvalue weighted by Crippen LogP contribution is 2.28. The van der Waals surface area contributed by atoms with Gasteiger partial charge < -0.3 is 10.2 Å². The van der Waals surface area contributed by atoms with E-state index >= 15 is 0 Å². The fourth-order valence-electron chi connectivity index (χ4n) is 3.24. The fourth-order valence-corrected chi connectivity index (χ4v) is 3.24. The van der Waals surface area contributed by atoms with Crippen LogP contribution in [-0.4, -0.2) is 32.0 Å². The predicted octanol–water partition coefficient (Wildman–Crippen LogP) is 1.81. The largest absolute Gasteiger partial charge is 0.326 e. The average molecular weight is 352 g/mol. The molecule has 1 atom stereocenters. The summed E-state index contributed by atoms with van der Waals surface area (Å²) in [7, 11) is 2.00. The molecule has 0 saturated carbocycles. The maximum Gasteiger partial charge on any atom is 0.282 e. The Bertz CT molecular complexity index is 799. The van der Waals surface area contributed by atoms with E-state index in [1.165, 1.54) is 11.1 Å². The Labute approximate surface area is 154 Å². The highest BCUT2D eigenvalue weighted by atomic mass is 16.2. The number of benzene rings is 2.